The van der Waals surface area contributed by atoms with Gasteiger partial charge in [-0.25, -0.2) is 8.42 Å². The number of hydrogen-bond acceptors (Lipinski definition) is 3. The monoisotopic (exact) mass is 352 g/mol. The first-order chi connectivity index (χ1) is 11.5. The molecule has 1 fully saturated rings. The van der Waals surface area contributed by atoms with Crippen LogP contribution in [0.4, 0.5) is 0 Å². The van der Waals surface area contributed by atoms with Gasteiger partial charge in [0.15, 0.2) is 0 Å². The second-order valence-corrected chi connectivity index (χ2v) is 8.30. The third kappa shape index (κ3) is 4.80. The van der Waals surface area contributed by atoms with Crippen LogP contribution >= 0.6 is 0 Å². The maximum Gasteiger partial charge on any atom is 0.243 e. The lowest BCUT2D eigenvalue weighted by Crippen LogP contribution is -2.30. The first-order valence-corrected chi connectivity index (χ1v) is 10.3. The average molecular weight is 353 g/mol. The lowest BCUT2D eigenvalue weighted by atomic mass is 10.0. The van der Waals surface area contributed by atoms with E-state index in [0.29, 0.717) is 36.9 Å². The molecule has 24 heavy (non-hydrogen) atoms. The van der Waals surface area contributed by atoms with Gasteiger partial charge in [-0.3, -0.25) is 4.79 Å². The van der Waals surface area contributed by atoms with Gasteiger partial charge in [0.2, 0.25) is 15.9 Å². The van der Waals surface area contributed by atoms with E-state index in [1.165, 1.54) is 17.1 Å². The van der Waals surface area contributed by atoms with Gasteiger partial charge in [0.05, 0.1) is 4.90 Å². The Bertz CT molecular complexity index is 631. The fourth-order valence-corrected chi connectivity index (χ4v) is 4.70. The summed E-state index contributed by atoms with van der Waals surface area (Å²) < 4.78 is 26.3. The molecule has 1 aliphatic rings. The standard InChI is InChI=1S/C18H28N2O3S/c1-3-20(4-2)24(22,23)17-11-9-16(10-12-17)14-19-18(21)13-15-7-5-6-8-15/h9-12,15H,3-8,13-14H2,1-2H3,(H,19,21). The van der Waals surface area contributed by atoms with Crippen molar-refractivity contribution in [2.75, 3.05) is 13.1 Å². The van der Waals surface area contributed by atoms with Gasteiger partial charge in [0.25, 0.3) is 0 Å². The van der Waals surface area contributed by atoms with Crippen molar-refractivity contribution >= 4 is 15.9 Å². The van der Waals surface area contributed by atoms with Crippen LogP contribution in [0.25, 0.3) is 0 Å². The molecule has 0 saturated heterocycles. The Kier molecular flexibility index (Phi) is 6.80. The smallest absolute Gasteiger partial charge is 0.243 e. The third-order valence-corrected chi connectivity index (χ3v) is 6.77. The Morgan fingerprint density at radius 3 is 2.25 bits per heavy atom. The fraction of sp³-hybridized carbons (Fsp3) is 0.611. The highest BCUT2D eigenvalue weighted by atomic mass is 32.2. The van der Waals surface area contributed by atoms with Crippen molar-refractivity contribution in [3.8, 4) is 0 Å². The van der Waals surface area contributed by atoms with E-state index >= 15 is 0 Å². The minimum absolute atomic E-state index is 0.0849. The van der Waals surface area contributed by atoms with Crippen LogP contribution in [0, 0.1) is 5.92 Å². The summed E-state index contributed by atoms with van der Waals surface area (Å²) in [4.78, 5) is 12.3. The Hall–Kier alpha value is -1.40. The molecule has 2 rings (SSSR count). The molecular formula is C18H28N2O3S. The van der Waals surface area contributed by atoms with Crippen molar-refractivity contribution in [2.45, 2.75) is 57.4 Å². The van der Waals surface area contributed by atoms with Crippen LogP contribution in [0.15, 0.2) is 29.2 Å². The van der Waals surface area contributed by atoms with Gasteiger partial charge in [-0.2, -0.15) is 4.31 Å². The van der Waals surface area contributed by atoms with Gasteiger partial charge in [0.1, 0.15) is 0 Å². The van der Waals surface area contributed by atoms with E-state index in [4.69, 9.17) is 0 Å². The maximum atomic E-state index is 12.4. The molecular weight excluding hydrogens is 324 g/mol. The molecule has 0 atom stereocenters. The summed E-state index contributed by atoms with van der Waals surface area (Å²) in [7, 11) is -3.42. The number of nitrogens with zero attached hydrogens (tertiary/aromatic N) is 1. The van der Waals surface area contributed by atoms with Gasteiger partial charge in [-0.15, -0.1) is 0 Å². The third-order valence-electron chi connectivity index (χ3n) is 4.71. The summed E-state index contributed by atoms with van der Waals surface area (Å²) in [6.07, 6.45) is 5.39. The number of amides is 1. The van der Waals surface area contributed by atoms with Crippen molar-refractivity contribution in [1.29, 1.82) is 0 Å². The number of sulfonamides is 1. The molecule has 0 radical (unpaired) electrons. The van der Waals surface area contributed by atoms with Gasteiger partial charge >= 0.3 is 0 Å². The second-order valence-electron chi connectivity index (χ2n) is 6.36. The van der Waals surface area contributed by atoms with Crippen molar-refractivity contribution in [3.63, 3.8) is 0 Å². The van der Waals surface area contributed by atoms with E-state index in [1.54, 1.807) is 24.3 Å². The molecule has 1 aliphatic carbocycles. The highest BCUT2D eigenvalue weighted by Crippen LogP contribution is 2.27. The minimum Gasteiger partial charge on any atom is -0.352 e. The SMILES string of the molecule is CCN(CC)S(=O)(=O)c1ccc(CNC(=O)CC2CCCC2)cc1. The topological polar surface area (TPSA) is 66.5 Å². The number of benzene rings is 1. The molecule has 6 heteroatoms. The number of carbonyl (C=O) groups excluding carboxylic acids is 1. The van der Waals surface area contributed by atoms with Crippen molar-refractivity contribution in [2.24, 2.45) is 5.92 Å². The Morgan fingerprint density at radius 1 is 1.12 bits per heavy atom. The fourth-order valence-electron chi connectivity index (χ4n) is 3.24. The molecule has 1 aromatic carbocycles. The Morgan fingerprint density at radius 2 is 1.71 bits per heavy atom. The van der Waals surface area contributed by atoms with Crippen LogP contribution in [-0.2, 0) is 21.4 Å². The van der Waals surface area contributed by atoms with Crippen molar-refractivity contribution < 1.29 is 13.2 Å². The summed E-state index contributed by atoms with van der Waals surface area (Å²) in [6.45, 7) is 5.01. The van der Waals surface area contributed by atoms with E-state index in [-0.39, 0.29) is 5.91 Å². The molecule has 5 nitrogen and oxygen atoms in total. The first kappa shape index (κ1) is 18.9. The zero-order chi connectivity index (χ0) is 17.6. The number of carbonyl (C=O) groups is 1. The highest BCUT2D eigenvalue weighted by Gasteiger charge is 2.21. The van der Waals surface area contributed by atoms with E-state index in [0.717, 1.165) is 18.4 Å². The Labute approximate surface area is 145 Å². The molecule has 0 spiro atoms. The predicted octanol–water partition coefficient (Wildman–Crippen LogP) is 2.91. The molecule has 0 bridgehead atoms. The first-order valence-electron chi connectivity index (χ1n) is 8.83. The lowest BCUT2D eigenvalue weighted by Gasteiger charge is -2.18. The molecule has 1 saturated carbocycles. The summed E-state index contributed by atoms with van der Waals surface area (Å²) >= 11 is 0. The van der Waals surface area contributed by atoms with E-state index in [2.05, 4.69) is 5.32 Å². The molecule has 1 N–H and O–H groups in total. The summed E-state index contributed by atoms with van der Waals surface area (Å²) in [5, 5.41) is 2.93. The van der Waals surface area contributed by atoms with Gasteiger partial charge < -0.3 is 5.32 Å². The lowest BCUT2D eigenvalue weighted by molar-refractivity contribution is -0.122. The molecule has 0 heterocycles. The summed E-state index contributed by atoms with van der Waals surface area (Å²) in [5.74, 6) is 0.619. The van der Waals surface area contributed by atoms with Crippen molar-refractivity contribution in [3.05, 3.63) is 29.8 Å². The van der Waals surface area contributed by atoms with Crippen molar-refractivity contribution in [1.82, 2.24) is 9.62 Å². The number of rotatable bonds is 8. The predicted molar refractivity (Wildman–Crippen MR) is 95.0 cm³/mol. The molecule has 134 valence electrons. The van der Waals surface area contributed by atoms with Crippen LogP contribution in [0.1, 0.15) is 51.5 Å². The highest BCUT2D eigenvalue weighted by molar-refractivity contribution is 7.89. The Balaban J connectivity index is 1.91. The molecule has 1 aromatic rings. The maximum absolute atomic E-state index is 12.4. The summed E-state index contributed by atoms with van der Waals surface area (Å²) in [5.41, 5.74) is 0.910. The van der Waals surface area contributed by atoms with Gasteiger partial charge in [-0.1, -0.05) is 38.8 Å². The van der Waals surface area contributed by atoms with E-state index in [1.807, 2.05) is 13.8 Å². The van der Waals surface area contributed by atoms with Gasteiger partial charge in [-0.05, 0) is 36.5 Å². The average Bonchev–Trinajstić information content (AvgIpc) is 3.07. The zero-order valence-corrected chi connectivity index (χ0v) is 15.4. The van der Waals surface area contributed by atoms with Gasteiger partial charge in [0, 0.05) is 26.1 Å². The molecule has 0 aliphatic heterocycles. The normalized spacial score (nSPS) is 15.8. The summed E-state index contributed by atoms with van der Waals surface area (Å²) in [6, 6.07) is 6.77. The minimum atomic E-state index is -3.42. The molecule has 0 unspecified atom stereocenters. The van der Waals surface area contributed by atoms with Crippen LogP contribution in [0.5, 0.6) is 0 Å². The number of hydrogen-bond donors (Lipinski definition) is 1. The van der Waals surface area contributed by atoms with E-state index < -0.39 is 10.0 Å². The molecule has 1 amide bonds. The van der Waals surface area contributed by atoms with Crippen LogP contribution in [0.2, 0.25) is 0 Å². The quantitative estimate of drug-likeness (QED) is 0.782. The second kappa shape index (κ2) is 8.62. The largest absolute Gasteiger partial charge is 0.352 e. The zero-order valence-electron chi connectivity index (χ0n) is 14.6. The van der Waals surface area contributed by atoms with Crippen LogP contribution in [0.3, 0.4) is 0 Å². The van der Waals surface area contributed by atoms with E-state index in [9.17, 15) is 13.2 Å². The van der Waals surface area contributed by atoms with Crippen LogP contribution in [-0.4, -0.2) is 31.7 Å². The van der Waals surface area contributed by atoms with Crippen LogP contribution < -0.4 is 5.32 Å². The molecule has 0 aromatic heterocycles. The number of nitrogens with one attached hydrogen (secondary N) is 1.